The Bertz CT molecular complexity index is 911. The summed E-state index contributed by atoms with van der Waals surface area (Å²) >= 11 is 0. The van der Waals surface area contributed by atoms with Gasteiger partial charge in [-0.15, -0.1) is 0 Å². The summed E-state index contributed by atoms with van der Waals surface area (Å²) in [7, 11) is 1.23. The van der Waals surface area contributed by atoms with Gasteiger partial charge >= 0.3 is 11.9 Å². The van der Waals surface area contributed by atoms with Crippen molar-refractivity contribution in [3.63, 3.8) is 0 Å². The molecule has 1 aromatic carbocycles. The summed E-state index contributed by atoms with van der Waals surface area (Å²) in [6.45, 7) is 6.73. The number of nitrogens with one attached hydrogen (secondary N) is 1. The average molecular weight is 403 g/mol. The number of hydrogen-bond donors (Lipinski definition) is 2. The van der Waals surface area contributed by atoms with E-state index in [9.17, 15) is 19.7 Å². The molecule has 29 heavy (non-hydrogen) atoms. The van der Waals surface area contributed by atoms with Crippen LogP contribution in [0.25, 0.3) is 0 Å². The Kier molecular flexibility index (Phi) is 6.43. The zero-order valence-corrected chi connectivity index (χ0v) is 17.1. The number of esters is 2. The summed E-state index contributed by atoms with van der Waals surface area (Å²) in [5.74, 6) is -2.21. The molecule has 1 atom stereocenters. The van der Waals surface area contributed by atoms with Gasteiger partial charge in [0.05, 0.1) is 29.1 Å². The second-order valence-electron chi connectivity index (χ2n) is 7.54. The number of ether oxygens (including phenoxy) is 2. The molecule has 1 unspecified atom stereocenters. The molecule has 2 rings (SSSR count). The van der Waals surface area contributed by atoms with Crippen molar-refractivity contribution in [1.82, 2.24) is 5.32 Å². The molecule has 0 amide bonds. The fourth-order valence-electron chi connectivity index (χ4n) is 3.13. The number of benzene rings is 1. The van der Waals surface area contributed by atoms with E-state index in [4.69, 9.17) is 15.2 Å². The van der Waals surface area contributed by atoms with Crippen LogP contribution in [0.15, 0.2) is 46.8 Å². The van der Waals surface area contributed by atoms with E-state index < -0.39 is 28.3 Å². The lowest BCUT2D eigenvalue weighted by atomic mass is 9.80. The van der Waals surface area contributed by atoms with E-state index in [1.165, 1.54) is 25.3 Å². The van der Waals surface area contributed by atoms with E-state index in [0.29, 0.717) is 17.0 Å². The first-order chi connectivity index (χ1) is 13.5. The summed E-state index contributed by atoms with van der Waals surface area (Å²) in [5, 5.41) is 14.2. The van der Waals surface area contributed by atoms with E-state index >= 15 is 0 Å². The molecule has 1 aliphatic heterocycles. The second kappa shape index (κ2) is 8.44. The first-order valence-corrected chi connectivity index (χ1v) is 8.93. The monoisotopic (exact) mass is 403 g/mol. The molecule has 0 fully saturated rings. The molecule has 9 heteroatoms. The normalized spacial score (nSPS) is 17.0. The van der Waals surface area contributed by atoms with Gasteiger partial charge in [0, 0.05) is 29.1 Å². The van der Waals surface area contributed by atoms with Gasteiger partial charge in [0.15, 0.2) is 0 Å². The fourth-order valence-corrected chi connectivity index (χ4v) is 3.13. The van der Waals surface area contributed by atoms with Gasteiger partial charge in [-0.3, -0.25) is 10.1 Å². The third-order valence-corrected chi connectivity index (χ3v) is 4.38. The van der Waals surface area contributed by atoms with Crippen molar-refractivity contribution in [3.8, 4) is 0 Å². The number of non-ortho nitro benzene ring substituents is 1. The Labute approximate surface area is 168 Å². The smallest absolute Gasteiger partial charge is 0.336 e. The maximum absolute atomic E-state index is 12.9. The van der Waals surface area contributed by atoms with Gasteiger partial charge in [-0.05, 0) is 33.3 Å². The number of rotatable bonds is 6. The van der Waals surface area contributed by atoms with E-state index in [2.05, 4.69) is 5.32 Å². The molecular formula is C20H25N3O6. The molecule has 0 spiro atoms. The summed E-state index contributed by atoms with van der Waals surface area (Å²) < 4.78 is 10.3. The molecule has 0 saturated carbocycles. The molecule has 0 radical (unpaired) electrons. The lowest BCUT2D eigenvalue weighted by molar-refractivity contribution is -0.384. The number of nitro benzene ring substituents is 1. The van der Waals surface area contributed by atoms with Gasteiger partial charge in [-0.25, -0.2) is 9.59 Å². The molecule has 1 heterocycles. The van der Waals surface area contributed by atoms with Crippen LogP contribution in [-0.4, -0.2) is 36.1 Å². The zero-order valence-electron chi connectivity index (χ0n) is 17.1. The maximum atomic E-state index is 12.9. The highest BCUT2D eigenvalue weighted by molar-refractivity contribution is 5.99. The topological polar surface area (TPSA) is 134 Å². The van der Waals surface area contributed by atoms with Crippen molar-refractivity contribution in [2.24, 2.45) is 5.73 Å². The highest BCUT2D eigenvalue weighted by atomic mass is 16.6. The van der Waals surface area contributed by atoms with Gasteiger partial charge in [0.1, 0.15) is 6.61 Å². The second-order valence-corrected chi connectivity index (χ2v) is 7.54. The molecule has 156 valence electrons. The lowest BCUT2D eigenvalue weighted by Crippen LogP contribution is -2.39. The molecular weight excluding hydrogens is 378 g/mol. The number of nitro groups is 1. The molecule has 9 nitrogen and oxygen atoms in total. The first kappa shape index (κ1) is 22.1. The van der Waals surface area contributed by atoms with Crippen LogP contribution in [0.3, 0.4) is 0 Å². The minimum Gasteiger partial charge on any atom is -0.466 e. The zero-order chi connectivity index (χ0) is 21.9. The third-order valence-electron chi connectivity index (χ3n) is 4.38. The lowest BCUT2D eigenvalue weighted by Gasteiger charge is -2.30. The van der Waals surface area contributed by atoms with Crippen LogP contribution in [-0.2, 0) is 19.1 Å². The summed E-state index contributed by atoms with van der Waals surface area (Å²) in [5.41, 5.74) is 6.71. The van der Waals surface area contributed by atoms with E-state index in [-0.39, 0.29) is 23.4 Å². The molecule has 1 aromatic rings. The van der Waals surface area contributed by atoms with Crippen molar-refractivity contribution < 1.29 is 24.0 Å². The number of carbonyl (C=O) groups excluding carboxylic acids is 2. The predicted molar refractivity (Wildman–Crippen MR) is 106 cm³/mol. The number of allylic oxidation sites excluding steroid dienone is 2. The Morgan fingerprint density at radius 3 is 2.31 bits per heavy atom. The minimum absolute atomic E-state index is 0.0411. The van der Waals surface area contributed by atoms with Crippen LogP contribution in [0.4, 0.5) is 5.69 Å². The SMILES string of the molecule is COC(=O)C1=C(C)NC(C)=C(C(=O)OCC(C)(C)N)C1c1cccc([N+](=O)[O-])c1. The Balaban J connectivity index is 2.62. The van der Waals surface area contributed by atoms with Gasteiger partial charge < -0.3 is 20.5 Å². The summed E-state index contributed by atoms with van der Waals surface area (Å²) in [6.07, 6.45) is 0. The summed E-state index contributed by atoms with van der Waals surface area (Å²) in [6, 6.07) is 5.79. The highest BCUT2D eigenvalue weighted by Gasteiger charge is 2.38. The van der Waals surface area contributed by atoms with Gasteiger partial charge in [-0.1, -0.05) is 12.1 Å². The Morgan fingerprint density at radius 2 is 1.79 bits per heavy atom. The van der Waals surface area contributed by atoms with E-state index in [1.807, 2.05) is 0 Å². The minimum atomic E-state index is -0.892. The van der Waals surface area contributed by atoms with Crippen LogP contribution in [0, 0.1) is 10.1 Å². The van der Waals surface area contributed by atoms with E-state index in [0.717, 1.165) is 0 Å². The number of hydrogen-bond acceptors (Lipinski definition) is 8. The number of carbonyl (C=O) groups is 2. The first-order valence-electron chi connectivity index (χ1n) is 8.93. The Morgan fingerprint density at radius 1 is 1.21 bits per heavy atom. The van der Waals surface area contributed by atoms with Crippen molar-refractivity contribution in [1.29, 1.82) is 0 Å². The largest absolute Gasteiger partial charge is 0.466 e. The average Bonchev–Trinajstić information content (AvgIpc) is 2.64. The molecule has 1 aliphatic rings. The van der Waals surface area contributed by atoms with Crippen LogP contribution in [0.2, 0.25) is 0 Å². The van der Waals surface area contributed by atoms with Gasteiger partial charge in [0.25, 0.3) is 5.69 Å². The van der Waals surface area contributed by atoms with Gasteiger partial charge in [-0.2, -0.15) is 0 Å². The molecule has 0 aromatic heterocycles. The van der Waals surface area contributed by atoms with Crippen molar-refractivity contribution in [2.75, 3.05) is 13.7 Å². The van der Waals surface area contributed by atoms with Crippen molar-refractivity contribution in [2.45, 2.75) is 39.2 Å². The highest BCUT2D eigenvalue weighted by Crippen LogP contribution is 2.40. The van der Waals surface area contributed by atoms with Crippen molar-refractivity contribution in [3.05, 3.63) is 62.5 Å². The van der Waals surface area contributed by atoms with Crippen LogP contribution >= 0.6 is 0 Å². The molecule has 0 bridgehead atoms. The maximum Gasteiger partial charge on any atom is 0.336 e. The molecule has 0 aliphatic carbocycles. The van der Waals surface area contributed by atoms with Crippen LogP contribution in [0.1, 0.15) is 39.2 Å². The number of dihydropyridines is 1. The number of methoxy groups -OCH3 is 1. The predicted octanol–water partition coefficient (Wildman–Crippen LogP) is 2.28. The standard InChI is InChI=1S/C20H25N3O6/c1-11-15(18(24)28-5)17(13-7-6-8-14(9-13)23(26)27)16(12(2)22-11)19(25)29-10-20(3,4)21/h6-9,17,22H,10,21H2,1-5H3. The number of nitrogens with zero attached hydrogens (tertiary/aromatic N) is 1. The molecule has 0 saturated heterocycles. The number of nitrogens with two attached hydrogens (primary N) is 1. The van der Waals surface area contributed by atoms with Crippen LogP contribution in [0.5, 0.6) is 0 Å². The van der Waals surface area contributed by atoms with E-state index in [1.54, 1.807) is 33.8 Å². The summed E-state index contributed by atoms with van der Waals surface area (Å²) in [4.78, 5) is 36.2. The Hall–Kier alpha value is -3.20. The van der Waals surface area contributed by atoms with Crippen LogP contribution < -0.4 is 11.1 Å². The quantitative estimate of drug-likeness (QED) is 0.420. The van der Waals surface area contributed by atoms with Crippen molar-refractivity contribution >= 4 is 17.6 Å². The van der Waals surface area contributed by atoms with Gasteiger partial charge in [0.2, 0.25) is 0 Å². The fraction of sp³-hybridized carbons (Fsp3) is 0.400. The third kappa shape index (κ3) is 5.00. The molecule has 3 N–H and O–H groups in total.